The molecule has 0 radical (unpaired) electrons. The minimum absolute atomic E-state index is 0.0574. The molecule has 0 aromatic heterocycles. The Hall–Kier alpha value is -3.16. The molecule has 2 unspecified atom stereocenters. The van der Waals surface area contributed by atoms with Crippen LogP contribution in [0.25, 0.3) is 10.8 Å². The molecule has 3 aromatic carbocycles. The molecule has 0 fully saturated rings. The number of nitrogens with zero attached hydrogens (tertiary/aromatic N) is 1. The lowest BCUT2D eigenvalue weighted by Gasteiger charge is -2.29. The van der Waals surface area contributed by atoms with Gasteiger partial charge in [-0.25, -0.2) is 9.59 Å². The van der Waals surface area contributed by atoms with Gasteiger partial charge in [0.15, 0.2) is 0 Å². The van der Waals surface area contributed by atoms with Crippen molar-refractivity contribution in [2.75, 3.05) is 20.0 Å². The minimum atomic E-state index is -0.415. The number of aliphatic imine (C=N–C) groups is 1. The number of carbonyl (C=O) groups excluding carboxylic acids is 2. The van der Waals surface area contributed by atoms with Crippen LogP contribution in [0.5, 0.6) is 0 Å². The topological polar surface area (TPSA) is 77.0 Å². The highest BCUT2D eigenvalue weighted by atomic mass is 32.2. The highest BCUT2D eigenvalue weighted by molar-refractivity contribution is 7.99. The summed E-state index contributed by atoms with van der Waals surface area (Å²) >= 11 is 1.62. The van der Waals surface area contributed by atoms with E-state index in [1.165, 1.54) is 14.2 Å². The number of thioether (sulfide) groups is 1. The van der Waals surface area contributed by atoms with Crippen molar-refractivity contribution < 1.29 is 19.1 Å². The molecule has 0 saturated heterocycles. The van der Waals surface area contributed by atoms with Crippen LogP contribution in [0, 0.1) is 0 Å². The first kappa shape index (κ1) is 25.9. The summed E-state index contributed by atoms with van der Waals surface area (Å²) in [7, 11) is 2.80. The van der Waals surface area contributed by atoms with Crippen LogP contribution < -0.4 is 5.32 Å². The first-order valence-electron chi connectivity index (χ1n) is 12.2. The molecule has 3 aromatic rings. The van der Waals surface area contributed by atoms with Crippen molar-refractivity contribution in [1.82, 2.24) is 5.32 Å². The van der Waals surface area contributed by atoms with Gasteiger partial charge in [0.1, 0.15) is 0 Å². The Bertz CT molecular complexity index is 1280. The second kappa shape index (κ2) is 11.7. The predicted octanol–water partition coefficient (Wildman–Crippen LogP) is 5.68. The predicted molar refractivity (Wildman–Crippen MR) is 145 cm³/mol. The van der Waals surface area contributed by atoms with E-state index in [0.29, 0.717) is 23.3 Å². The van der Waals surface area contributed by atoms with Gasteiger partial charge in [0, 0.05) is 16.9 Å². The Kier molecular flexibility index (Phi) is 8.44. The van der Waals surface area contributed by atoms with E-state index in [4.69, 9.17) is 14.5 Å². The molecule has 0 aliphatic carbocycles. The number of benzene rings is 3. The van der Waals surface area contributed by atoms with E-state index in [2.05, 4.69) is 12.2 Å². The number of rotatable bonds is 10. The monoisotopic (exact) mass is 504 g/mol. The third kappa shape index (κ3) is 5.63. The summed E-state index contributed by atoms with van der Waals surface area (Å²) in [4.78, 5) is 30.4. The van der Waals surface area contributed by atoms with Gasteiger partial charge in [-0.15, -0.1) is 11.8 Å². The summed E-state index contributed by atoms with van der Waals surface area (Å²) in [6, 6.07) is 19.3. The van der Waals surface area contributed by atoms with Gasteiger partial charge < -0.3 is 9.47 Å². The summed E-state index contributed by atoms with van der Waals surface area (Å²) in [5.74, 6) is -0.00624. The molecule has 36 heavy (non-hydrogen) atoms. The SMILES string of the molecule is CCCCC1N=CC(CSc2ccccc2C(=O)OC)(Cc2ccc(C(=O)OC)c3ccccc23)N1. The second-order valence-corrected chi connectivity index (χ2v) is 10.0. The highest BCUT2D eigenvalue weighted by Crippen LogP contribution is 2.33. The number of methoxy groups -OCH3 is 2. The van der Waals surface area contributed by atoms with E-state index >= 15 is 0 Å². The zero-order valence-electron chi connectivity index (χ0n) is 21.0. The fourth-order valence-electron chi connectivity index (χ4n) is 4.63. The van der Waals surface area contributed by atoms with E-state index in [0.717, 1.165) is 40.5 Å². The molecule has 0 amide bonds. The van der Waals surface area contributed by atoms with Crippen LogP contribution in [0.1, 0.15) is 52.5 Å². The van der Waals surface area contributed by atoms with Crippen molar-refractivity contribution in [1.29, 1.82) is 0 Å². The molecule has 2 atom stereocenters. The van der Waals surface area contributed by atoms with Crippen LogP contribution in [-0.2, 0) is 15.9 Å². The Morgan fingerprint density at radius 3 is 2.39 bits per heavy atom. The number of fused-ring (bicyclic) bond motifs is 1. The van der Waals surface area contributed by atoms with E-state index in [-0.39, 0.29) is 18.1 Å². The minimum Gasteiger partial charge on any atom is -0.465 e. The molecule has 1 aliphatic rings. The molecule has 0 spiro atoms. The number of hydrogen-bond donors (Lipinski definition) is 1. The molecule has 1 aliphatic heterocycles. The molecular formula is C29H32N2O4S. The van der Waals surface area contributed by atoms with E-state index < -0.39 is 5.54 Å². The normalized spacial score (nSPS) is 18.9. The Balaban J connectivity index is 1.67. The quantitative estimate of drug-likeness (QED) is 0.283. The van der Waals surface area contributed by atoms with Gasteiger partial charge >= 0.3 is 11.9 Å². The number of esters is 2. The largest absolute Gasteiger partial charge is 0.465 e. The highest BCUT2D eigenvalue weighted by Gasteiger charge is 2.36. The zero-order chi connectivity index (χ0) is 25.5. The Morgan fingerprint density at radius 2 is 1.64 bits per heavy atom. The maximum atomic E-state index is 12.4. The summed E-state index contributed by atoms with van der Waals surface area (Å²) in [5, 5.41) is 5.68. The van der Waals surface area contributed by atoms with Gasteiger partial charge in [0.2, 0.25) is 0 Å². The van der Waals surface area contributed by atoms with Crippen LogP contribution in [0.2, 0.25) is 0 Å². The summed E-state index contributed by atoms with van der Waals surface area (Å²) in [6.07, 6.45) is 5.97. The van der Waals surface area contributed by atoms with Crippen LogP contribution in [-0.4, -0.2) is 49.8 Å². The molecule has 0 bridgehead atoms. The number of unbranched alkanes of at least 4 members (excludes halogenated alkanes) is 1. The fraction of sp³-hybridized carbons (Fsp3) is 0.345. The molecule has 1 N–H and O–H groups in total. The van der Waals surface area contributed by atoms with E-state index in [1.54, 1.807) is 17.8 Å². The summed E-state index contributed by atoms with van der Waals surface area (Å²) in [6.45, 7) is 2.18. The maximum Gasteiger partial charge on any atom is 0.338 e. The van der Waals surface area contributed by atoms with Gasteiger partial charge in [0.05, 0.1) is 37.1 Å². The molecule has 7 heteroatoms. The summed E-state index contributed by atoms with van der Waals surface area (Å²) in [5.41, 5.74) is 1.82. The van der Waals surface area contributed by atoms with Crippen LogP contribution >= 0.6 is 11.8 Å². The van der Waals surface area contributed by atoms with Gasteiger partial charge in [0.25, 0.3) is 0 Å². The maximum absolute atomic E-state index is 12.4. The average molecular weight is 505 g/mol. The van der Waals surface area contributed by atoms with Crippen molar-refractivity contribution in [2.24, 2.45) is 4.99 Å². The van der Waals surface area contributed by atoms with Crippen LogP contribution in [0.4, 0.5) is 0 Å². The van der Waals surface area contributed by atoms with E-state index in [1.807, 2.05) is 60.8 Å². The van der Waals surface area contributed by atoms with Crippen LogP contribution in [0.3, 0.4) is 0 Å². The van der Waals surface area contributed by atoms with Crippen molar-refractivity contribution in [2.45, 2.75) is 49.2 Å². The first-order valence-corrected chi connectivity index (χ1v) is 13.2. The molecular weight excluding hydrogens is 472 g/mol. The van der Waals surface area contributed by atoms with Gasteiger partial charge in [-0.05, 0) is 47.4 Å². The number of carbonyl (C=O) groups is 2. The van der Waals surface area contributed by atoms with Crippen molar-refractivity contribution in [3.8, 4) is 0 Å². The zero-order valence-corrected chi connectivity index (χ0v) is 21.8. The Labute approximate surface area is 216 Å². The molecule has 0 saturated carbocycles. The Morgan fingerprint density at radius 1 is 0.944 bits per heavy atom. The third-order valence-corrected chi connectivity index (χ3v) is 7.82. The smallest absolute Gasteiger partial charge is 0.338 e. The molecule has 188 valence electrons. The summed E-state index contributed by atoms with van der Waals surface area (Å²) < 4.78 is 9.99. The molecule has 4 rings (SSSR count). The fourth-order valence-corrected chi connectivity index (χ4v) is 5.79. The standard InChI is InChI=1S/C29H32N2O4S/c1-4-5-14-26-30-18-29(31-26,19-36-25-13-9-8-12-24(25)28(33)35-3)17-20-15-16-23(27(32)34-2)22-11-7-6-10-21(20)22/h6-13,15-16,18,26,31H,4-5,14,17,19H2,1-3H3. The second-order valence-electron chi connectivity index (χ2n) is 9.00. The first-order chi connectivity index (χ1) is 17.5. The molecule has 1 heterocycles. The average Bonchev–Trinajstić information content (AvgIpc) is 3.33. The lowest BCUT2D eigenvalue weighted by Crippen LogP contribution is -2.50. The lowest BCUT2D eigenvalue weighted by molar-refractivity contribution is 0.0590. The van der Waals surface area contributed by atoms with Crippen LogP contribution in [0.15, 0.2) is 70.6 Å². The number of ether oxygens (including phenoxy) is 2. The number of hydrogen-bond acceptors (Lipinski definition) is 7. The van der Waals surface area contributed by atoms with Crippen molar-refractivity contribution in [3.05, 3.63) is 77.4 Å². The third-order valence-electron chi connectivity index (χ3n) is 6.49. The van der Waals surface area contributed by atoms with E-state index in [9.17, 15) is 9.59 Å². The van der Waals surface area contributed by atoms with Crippen molar-refractivity contribution in [3.63, 3.8) is 0 Å². The molecule has 6 nitrogen and oxygen atoms in total. The van der Waals surface area contributed by atoms with Gasteiger partial charge in [-0.3, -0.25) is 10.3 Å². The number of nitrogens with one attached hydrogen (secondary N) is 1. The lowest BCUT2D eigenvalue weighted by atomic mass is 9.89. The van der Waals surface area contributed by atoms with Crippen molar-refractivity contribution >= 4 is 40.7 Å². The van der Waals surface area contributed by atoms with Gasteiger partial charge in [-0.2, -0.15) is 0 Å². The van der Waals surface area contributed by atoms with Gasteiger partial charge in [-0.1, -0.05) is 62.2 Å².